The van der Waals surface area contributed by atoms with Gasteiger partial charge in [-0.1, -0.05) is 35.9 Å². The molecule has 0 saturated carbocycles. The second-order valence-electron chi connectivity index (χ2n) is 4.80. The van der Waals surface area contributed by atoms with Crippen LogP contribution in [0.4, 0.5) is 0 Å². The summed E-state index contributed by atoms with van der Waals surface area (Å²) in [6.07, 6.45) is 0. The predicted octanol–water partition coefficient (Wildman–Crippen LogP) is 3.35. The fourth-order valence-corrected chi connectivity index (χ4v) is 2.74. The van der Waals surface area contributed by atoms with Crippen LogP contribution in [0.5, 0.6) is 0 Å². The van der Waals surface area contributed by atoms with E-state index in [0.717, 1.165) is 10.5 Å². The van der Waals surface area contributed by atoms with Crippen molar-refractivity contribution in [3.05, 3.63) is 65.2 Å². The van der Waals surface area contributed by atoms with E-state index in [0.29, 0.717) is 5.56 Å². The number of thioether (sulfide) groups is 1. The molecule has 0 fully saturated rings. The van der Waals surface area contributed by atoms with Gasteiger partial charge in [-0.05, 0) is 37.6 Å². The second-order valence-corrected chi connectivity index (χ2v) is 5.82. The molecular weight excluding hydrogens is 282 g/mol. The maximum atomic E-state index is 11.8. The molecule has 0 unspecified atom stereocenters. The van der Waals surface area contributed by atoms with E-state index >= 15 is 0 Å². The molecule has 3 nitrogen and oxygen atoms in total. The Morgan fingerprint density at radius 3 is 2.43 bits per heavy atom. The Morgan fingerprint density at radius 2 is 1.76 bits per heavy atom. The third-order valence-electron chi connectivity index (χ3n) is 2.98. The molecule has 2 amide bonds. The summed E-state index contributed by atoms with van der Waals surface area (Å²) in [6, 6.07) is 14.8. The summed E-state index contributed by atoms with van der Waals surface area (Å²) in [5.74, 6) is -0.418. The van der Waals surface area contributed by atoms with E-state index in [1.807, 2.05) is 32.0 Å². The Kier molecular flexibility index (Phi) is 5.17. The molecule has 0 radical (unpaired) electrons. The van der Waals surface area contributed by atoms with Gasteiger partial charge >= 0.3 is 0 Å². The Hall–Kier alpha value is -2.07. The van der Waals surface area contributed by atoms with Crippen LogP contribution in [-0.4, -0.2) is 17.6 Å². The highest BCUT2D eigenvalue weighted by Gasteiger charge is 2.10. The quantitative estimate of drug-likeness (QED) is 0.881. The van der Waals surface area contributed by atoms with E-state index in [-0.39, 0.29) is 17.6 Å². The van der Waals surface area contributed by atoms with Gasteiger partial charge in [-0.3, -0.25) is 14.9 Å². The number of amides is 2. The highest BCUT2D eigenvalue weighted by atomic mass is 32.2. The van der Waals surface area contributed by atoms with Gasteiger partial charge in [-0.25, -0.2) is 0 Å². The summed E-state index contributed by atoms with van der Waals surface area (Å²) in [6.45, 7) is 4.05. The van der Waals surface area contributed by atoms with Gasteiger partial charge < -0.3 is 0 Å². The first-order valence-corrected chi connectivity index (χ1v) is 7.64. The zero-order valence-corrected chi connectivity index (χ0v) is 12.9. The third kappa shape index (κ3) is 4.46. The molecule has 0 aliphatic rings. The first-order valence-electron chi connectivity index (χ1n) is 6.65. The Morgan fingerprint density at radius 1 is 1.05 bits per heavy atom. The van der Waals surface area contributed by atoms with Crippen LogP contribution in [0.15, 0.2) is 53.4 Å². The SMILES string of the molecule is Cc1ccc(SCC(=O)NC(=O)c2ccccc2)c(C)c1. The maximum Gasteiger partial charge on any atom is 0.257 e. The van der Waals surface area contributed by atoms with E-state index in [1.54, 1.807) is 24.3 Å². The number of aryl methyl sites for hydroxylation is 2. The minimum Gasteiger partial charge on any atom is -0.292 e. The summed E-state index contributed by atoms with van der Waals surface area (Å²) in [7, 11) is 0. The van der Waals surface area contributed by atoms with Crippen LogP contribution in [0.25, 0.3) is 0 Å². The van der Waals surface area contributed by atoms with E-state index in [2.05, 4.69) is 11.4 Å². The van der Waals surface area contributed by atoms with Gasteiger partial charge in [0, 0.05) is 10.5 Å². The van der Waals surface area contributed by atoms with Crippen molar-refractivity contribution in [1.82, 2.24) is 5.32 Å². The molecule has 0 atom stereocenters. The summed E-state index contributed by atoms with van der Waals surface area (Å²) < 4.78 is 0. The molecule has 0 bridgehead atoms. The van der Waals surface area contributed by atoms with E-state index in [1.165, 1.54) is 17.3 Å². The van der Waals surface area contributed by atoms with E-state index < -0.39 is 0 Å². The molecule has 1 N–H and O–H groups in total. The molecule has 108 valence electrons. The molecular formula is C17H17NO2S. The van der Waals surface area contributed by atoms with Gasteiger partial charge in [0.15, 0.2) is 0 Å². The van der Waals surface area contributed by atoms with Gasteiger partial charge in [-0.2, -0.15) is 0 Å². The van der Waals surface area contributed by atoms with Crippen molar-refractivity contribution < 1.29 is 9.59 Å². The minimum atomic E-state index is -0.359. The fraction of sp³-hybridized carbons (Fsp3) is 0.176. The van der Waals surface area contributed by atoms with Crippen LogP contribution in [0.1, 0.15) is 21.5 Å². The van der Waals surface area contributed by atoms with Gasteiger partial charge in [-0.15, -0.1) is 11.8 Å². The average Bonchev–Trinajstić information content (AvgIpc) is 2.47. The highest BCUT2D eigenvalue weighted by Crippen LogP contribution is 2.22. The average molecular weight is 299 g/mol. The molecule has 2 rings (SSSR count). The number of rotatable bonds is 4. The standard InChI is InChI=1S/C17H17NO2S/c1-12-8-9-15(13(2)10-12)21-11-16(19)18-17(20)14-6-4-3-5-7-14/h3-10H,11H2,1-2H3,(H,18,19,20). The number of benzene rings is 2. The molecule has 0 saturated heterocycles. The van der Waals surface area contributed by atoms with Gasteiger partial charge in [0.25, 0.3) is 5.91 Å². The van der Waals surface area contributed by atoms with Crippen LogP contribution >= 0.6 is 11.8 Å². The van der Waals surface area contributed by atoms with Crippen LogP contribution in [0.2, 0.25) is 0 Å². The molecule has 21 heavy (non-hydrogen) atoms. The fourth-order valence-electron chi connectivity index (χ4n) is 1.93. The summed E-state index contributed by atoms with van der Waals surface area (Å²) >= 11 is 1.44. The van der Waals surface area contributed by atoms with E-state index in [9.17, 15) is 9.59 Å². The van der Waals surface area contributed by atoms with Crippen molar-refractivity contribution in [3.63, 3.8) is 0 Å². The lowest BCUT2D eigenvalue weighted by atomic mass is 10.2. The Bertz CT molecular complexity index is 653. The summed E-state index contributed by atoms with van der Waals surface area (Å²) in [5.41, 5.74) is 2.82. The van der Waals surface area contributed by atoms with Crippen LogP contribution in [0, 0.1) is 13.8 Å². The number of carbonyl (C=O) groups is 2. The summed E-state index contributed by atoms with van der Waals surface area (Å²) in [4.78, 5) is 24.7. The number of carbonyl (C=O) groups excluding carboxylic acids is 2. The zero-order valence-electron chi connectivity index (χ0n) is 12.1. The lowest BCUT2D eigenvalue weighted by Gasteiger charge is -2.07. The molecule has 4 heteroatoms. The smallest absolute Gasteiger partial charge is 0.257 e. The van der Waals surface area contributed by atoms with Crippen LogP contribution in [-0.2, 0) is 4.79 Å². The van der Waals surface area contributed by atoms with Crippen molar-refractivity contribution in [1.29, 1.82) is 0 Å². The zero-order chi connectivity index (χ0) is 15.2. The Balaban J connectivity index is 1.89. The second kappa shape index (κ2) is 7.09. The lowest BCUT2D eigenvalue weighted by molar-refractivity contribution is -0.117. The van der Waals surface area contributed by atoms with Gasteiger partial charge in [0.1, 0.15) is 0 Å². The van der Waals surface area contributed by atoms with Crippen molar-refractivity contribution in [3.8, 4) is 0 Å². The molecule has 0 aliphatic carbocycles. The van der Waals surface area contributed by atoms with Crippen molar-refractivity contribution >= 4 is 23.6 Å². The van der Waals surface area contributed by atoms with E-state index in [4.69, 9.17) is 0 Å². The number of nitrogens with one attached hydrogen (secondary N) is 1. The van der Waals surface area contributed by atoms with Crippen molar-refractivity contribution in [2.75, 3.05) is 5.75 Å². The molecule has 2 aromatic rings. The Labute approximate surface area is 128 Å². The number of hydrogen-bond donors (Lipinski definition) is 1. The van der Waals surface area contributed by atoms with Gasteiger partial charge in [0.2, 0.25) is 5.91 Å². The largest absolute Gasteiger partial charge is 0.292 e. The number of imide groups is 1. The topological polar surface area (TPSA) is 46.2 Å². The predicted molar refractivity (Wildman–Crippen MR) is 85.6 cm³/mol. The third-order valence-corrected chi connectivity index (χ3v) is 4.15. The van der Waals surface area contributed by atoms with Crippen molar-refractivity contribution in [2.24, 2.45) is 0 Å². The van der Waals surface area contributed by atoms with Crippen LogP contribution in [0.3, 0.4) is 0 Å². The van der Waals surface area contributed by atoms with Gasteiger partial charge in [0.05, 0.1) is 5.75 Å². The molecule has 0 heterocycles. The first kappa shape index (κ1) is 15.3. The first-order chi connectivity index (χ1) is 10.1. The minimum absolute atomic E-state index is 0.225. The highest BCUT2D eigenvalue weighted by molar-refractivity contribution is 8.00. The summed E-state index contributed by atoms with van der Waals surface area (Å²) in [5, 5.41) is 2.40. The normalized spacial score (nSPS) is 10.2. The van der Waals surface area contributed by atoms with Crippen molar-refractivity contribution in [2.45, 2.75) is 18.7 Å². The molecule has 2 aromatic carbocycles. The molecule has 0 spiro atoms. The monoisotopic (exact) mass is 299 g/mol. The molecule has 0 aliphatic heterocycles. The lowest BCUT2D eigenvalue weighted by Crippen LogP contribution is -2.31. The maximum absolute atomic E-state index is 11.8. The number of hydrogen-bond acceptors (Lipinski definition) is 3. The van der Waals surface area contributed by atoms with Crippen LogP contribution < -0.4 is 5.32 Å². The molecule has 0 aromatic heterocycles.